The van der Waals surface area contributed by atoms with Gasteiger partial charge in [0.15, 0.2) is 0 Å². The van der Waals surface area contributed by atoms with Crippen molar-refractivity contribution in [2.45, 2.75) is 187 Å². The van der Waals surface area contributed by atoms with E-state index in [0.29, 0.717) is 24.3 Å². The Morgan fingerprint density at radius 2 is 0.540 bits per heavy atom. The molecule has 6 heteroatoms. The Labute approximate surface area is 381 Å². The zero-order valence-corrected chi connectivity index (χ0v) is 39.2. The van der Waals surface area contributed by atoms with Crippen LogP contribution in [0, 0.1) is 0 Å². The second kappa shape index (κ2) is 33.0. The molecule has 0 spiro atoms. The lowest BCUT2D eigenvalue weighted by Crippen LogP contribution is -2.07. The molecule has 0 amide bonds. The molecule has 0 heterocycles. The summed E-state index contributed by atoms with van der Waals surface area (Å²) in [5, 5.41) is 0. The van der Waals surface area contributed by atoms with Crippen molar-refractivity contribution in [2.75, 3.05) is 13.2 Å². The topological polar surface area (TPSA) is 71.1 Å². The maximum atomic E-state index is 12.5. The summed E-state index contributed by atoms with van der Waals surface area (Å²) in [5.41, 5.74) is 4.38. The van der Waals surface area contributed by atoms with Crippen LogP contribution in [0.2, 0.25) is 0 Å². The third-order valence-electron chi connectivity index (χ3n) is 11.8. The minimum absolute atomic E-state index is 0.174. The van der Waals surface area contributed by atoms with Gasteiger partial charge in [-0.05, 0) is 96.5 Å². The largest absolute Gasteiger partial charge is 0.494 e. The molecule has 0 aliphatic carbocycles. The lowest BCUT2D eigenvalue weighted by atomic mass is 10.1. The van der Waals surface area contributed by atoms with Gasteiger partial charge in [0, 0.05) is 12.8 Å². The molecule has 4 rings (SSSR count). The predicted molar refractivity (Wildman–Crippen MR) is 262 cm³/mol. The number of carbonyl (C=O) groups is 2. The molecule has 0 N–H and O–H groups in total. The van der Waals surface area contributed by atoms with Crippen LogP contribution < -0.4 is 18.9 Å². The summed E-state index contributed by atoms with van der Waals surface area (Å²) in [6, 6.07) is 32.0. The van der Waals surface area contributed by atoms with Crippen LogP contribution in [0.1, 0.15) is 187 Å². The highest BCUT2D eigenvalue weighted by molar-refractivity contribution is 5.74. The summed E-state index contributed by atoms with van der Waals surface area (Å²) in [5.74, 6) is 2.64. The molecule has 4 aromatic carbocycles. The van der Waals surface area contributed by atoms with Crippen LogP contribution in [-0.2, 0) is 9.59 Å². The molecule has 344 valence electrons. The first-order chi connectivity index (χ1) is 31.0. The molecule has 0 aromatic heterocycles. The number of unbranched alkanes of at least 4 members (excludes halogenated alkanes) is 22. The van der Waals surface area contributed by atoms with Crippen LogP contribution >= 0.6 is 0 Å². The maximum Gasteiger partial charge on any atom is 0.311 e. The Morgan fingerprint density at radius 3 is 0.825 bits per heavy atom. The van der Waals surface area contributed by atoms with Crippen LogP contribution in [0.25, 0.3) is 22.3 Å². The molecular weight excluding hydrogens is 781 g/mol. The van der Waals surface area contributed by atoms with Crippen molar-refractivity contribution in [3.8, 4) is 45.3 Å². The third-order valence-corrected chi connectivity index (χ3v) is 11.8. The Bertz CT molecular complexity index is 1620. The lowest BCUT2D eigenvalue weighted by molar-refractivity contribution is -0.135. The van der Waals surface area contributed by atoms with Gasteiger partial charge < -0.3 is 18.9 Å². The van der Waals surface area contributed by atoms with Crippen LogP contribution in [0.3, 0.4) is 0 Å². The number of carbonyl (C=O) groups excluding carboxylic acids is 2. The first kappa shape index (κ1) is 51.1. The molecular formula is C57H80O6. The lowest BCUT2D eigenvalue weighted by Gasteiger charge is -2.09. The molecule has 4 aromatic rings. The quantitative estimate of drug-likeness (QED) is 0.0258. The average Bonchev–Trinajstić information content (AvgIpc) is 3.30. The zero-order chi connectivity index (χ0) is 44.4. The molecule has 0 fully saturated rings. The van der Waals surface area contributed by atoms with E-state index in [2.05, 4.69) is 38.1 Å². The fourth-order valence-electron chi connectivity index (χ4n) is 7.91. The fraction of sp³-hybridized carbons (Fsp3) is 0.544. The smallest absolute Gasteiger partial charge is 0.311 e. The van der Waals surface area contributed by atoms with Crippen LogP contribution in [-0.4, -0.2) is 25.2 Å². The Balaban J connectivity index is 0.949. The van der Waals surface area contributed by atoms with Crippen molar-refractivity contribution in [2.24, 2.45) is 0 Å². The Morgan fingerprint density at radius 1 is 0.302 bits per heavy atom. The maximum absolute atomic E-state index is 12.5. The van der Waals surface area contributed by atoms with Gasteiger partial charge in [-0.3, -0.25) is 9.59 Å². The SMILES string of the molecule is CCCCCCCCCCOc1ccc(-c2ccc(OC(=O)CCCCCCCCCCCC(=O)Oc3ccc(-c4ccc(OCCCCCCCCCC)cc4)cc3)cc2)cc1. The zero-order valence-electron chi connectivity index (χ0n) is 39.2. The summed E-state index contributed by atoms with van der Waals surface area (Å²) in [6.07, 6.45) is 31.1. The van der Waals surface area contributed by atoms with Gasteiger partial charge in [-0.1, -0.05) is 197 Å². The van der Waals surface area contributed by atoms with Gasteiger partial charge in [0.1, 0.15) is 23.0 Å². The fourth-order valence-corrected chi connectivity index (χ4v) is 7.91. The van der Waals surface area contributed by atoms with Crippen LogP contribution in [0.15, 0.2) is 97.1 Å². The van der Waals surface area contributed by atoms with Crippen molar-refractivity contribution in [1.29, 1.82) is 0 Å². The highest BCUT2D eigenvalue weighted by atomic mass is 16.5. The molecule has 0 unspecified atom stereocenters. The summed E-state index contributed by atoms with van der Waals surface area (Å²) < 4.78 is 23.1. The van der Waals surface area contributed by atoms with Crippen molar-refractivity contribution in [1.82, 2.24) is 0 Å². The molecule has 0 bridgehead atoms. The third kappa shape index (κ3) is 23.1. The number of esters is 2. The molecule has 0 atom stereocenters. The number of benzene rings is 4. The number of ether oxygens (including phenoxy) is 4. The standard InChI is InChI=1S/C57H80O6/c1-3-5-7-9-11-18-22-26-46-60-52-38-30-48(31-39-52)50-34-42-54(43-35-50)62-56(58)28-24-20-16-14-13-15-17-21-25-29-57(59)63-55-44-36-51(37-45-55)49-32-40-53(41-33-49)61-47-27-23-19-12-10-8-6-4-2/h30-45H,3-29,46-47H2,1-2H3. The van der Waals surface area contributed by atoms with Crippen molar-refractivity contribution < 1.29 is 28.5 Å². The number of hydrogen-bond donors (Lipinski definition) is 0. The van der Waals surface area contributed by atoms with E-state index in [9.17, 15) is 9.59 Å². The molecule has 6 nitrogen and oxygen atoms in total. The second-order valence-corrected chi connectivity index (χ2v) is 17.4. The van der Waals surface area contributed by atoms with Gasteiger partial charge in [0.2, 0.25) is 0 Å². The second-order valence-electron chi connectivity index (χ2n) is 17.4. The van der Waals surface area contributed by atoms with E-state index in [1.807, 2.05) is 72.8 Å². The highest BCUT2D eigenvalue weighted by Gasteiger charge is 2.08. The molecule has 63 heavy (non-hydrogen) atoms. The van der Waals surface area contributed by atoms with Gasteiger partial charge in [-0.15, -0.1) is 0 Å². The average molecular weight is 861 g/mol. The number of hydrogen-bond acceptors (Lipinski definition) is 6. The summed E-state index contributed by atoms with van der Waals surface area (Å²) in [6.45, 7) is 6.05. The molecule has 0 aliphatic rings. The van der Waals surface area contributed by atoms with E-state index in [1.165, 1.54) is 96.3 Å². The van der Waals surface area contributed by atoms with Crippen molar-refractivity contribution >= 4 is 11.9 Å². The van der Waals surface area contributed by atoms with E-state index >= 15 is 0 Å². The van der Waals surface area contributed by atoms with E-state index in [1.54, 1.807) is 0 Å². The Hall–Kier alpha value is -4.58. The van der Waals surface area contributed by atoms with E-state index in [-0.39, 0.29) is 11.9 Å². The minimum atomic E-state index is -0.174. The molecule has 0 aliphatic heterocycles. The van der Waals surface area contributed by atoms with Gasteiger partial charge in [-0.2, -0.15) is 0 Å². The summed E-state index contributed by atoms with van der Waals surface area (Å²) in [4.78, 5) is 24.9. The summed E-state index contributed by atoms with van der Waals surface area (Å²) >= 11 is 0. The van der Waals surface area contributed by atoms with Crippen molar-refractivity contribution in [3.05, 3.63) is 97.1 Å². The molecule has 0 saturated heterocycles. The highest BCUT2D eigenvalue weighted by Crippen LogP contribution is 2.27. The van der Waals surface area contributed by atoms with Gasteiger partial charge in [0.05, 0.1) is 13.2 Å². The Kier molecular flexibility index (Phi) is 26.7. The summed E-state index contributed by atoms with van der Waals surface area (Å²) in [7, 11) is 0. The van der Waals surface area contributed by atoms with Crippen LogP contribution in [0.5, 0.6) is 23.0 Å². The first-order valence-electron chi connectivity index (χ1n) is 25.1. The normalized spacial score (nSPS) is 11.1. The first-order valence-corrected chi connectivity index (χ1v) is 25.1. The number of rotatable bonds is 36. The van der Waals surface area contributed by atoms with E-state index in [4.69, 9.17) is 18.9 Å². The molecule has 0 radical (unpaired) electrons. The van der Waals surface area contributed by atoms with Gasteiger partial charge in [-0.25, -0.2) is 0 Å². The van der Waals surface area contributed by atoms with Crippen molar-refractivity contribution in [3.63, 3.8) is 0 Å². The van der Waals surface area contributed by atoms with Crippen LogP contribution in [0.4, 0.5) is 0 Å². The van der Waals surface area contributed by atoms with E-state index in [0.717, 1.165) is 111 Å². The predicted octanol–water partition coefficient (Wildman–Crippen LogP) is 16.9. The minimum Gasteiger partial charge on any atom is -0.494 e. The van der Waals surface area contributed by atoms with E-state index < -0.39 is 0 Å². The molecule has 0 saturated carbocycles. The van der Waals surface area contributed by atoms with Gasteiger partial charge in [0.25, 0.3) is 0 Å². The monoisotopic (exact) mass is 861 g/mol. The van der Waals surface area contributed by atoms with Gasteiger partial charge >= 0.3 is 11.9 Å².